The molecule has 0 rings (SSSR count). The number of amides is 3. The number of urea groups is 1. The van der Waals surface area contributed by atoms with Crippen molar-refractivity contribution >= 4 is 11.9 Å². The van der Waals surface area contributed by atoms with Crippen LogP contribution in [0.4, 0.5) is 4.79 Å². The second-order valence-electron chi connectivity index (χ2n) is 0.911. The number of hydrogen-bond donors (Lipinski definition) is 3. The van der Waals surface area contributed by atoms with Gasteiger partial charge in [0.1, 0.15) is 0 Å². The number of nitrogens with two attached hydrogens (primary N) is 3. The second-order valence-corrected chi connectivity index (χ2v) is 0.911. The summed E-state index contributed by atoms with van der Waals surface area (Å²) >= 11 is 0. The molecule has 0 aliphatic carbocycles. The van der Waals surface area contributed by atoms with E-state index in [-0.39, 0.29) is 0 Å². The molecule has 0 atom stereocenters. The van der Waals surface area contributed by atoms with Crippen molar-refractivity contribution in [1.82, 2.24) is 0 Å². The Labute approximate surface area is 52.2 Å². The molecule has 0 saturated heterocycles. The molecule has 0 aliphatic rings. The molecule has 9 heavy (non-hydrogen) atoms. The van der Waals surface area contributed by atoms with Gasteiger partial charge in [-0.1, -0.05) is 0 Å². The predicted octanol–water partition coefficient (Wildman–Crippen LogP) is -1.87. The molecule has 50 valence electrons. The van der Waals surface area contributed by atoms with Crippen LogP contribution in [0.3, 0.4) is 0 Å². The summed E-state index contributed by atoms with van der Waals surface area (Å²) < 4.78 is 0. The van der Waals surface area contributed by atoms with Crippen LogP contribution in [-0.2, 0) is 4.79 Å². The Bertz CT molecular complexity index is 142. The van der Waals surface area contributed by atoms with Crippen LogP contribution in [0.15, 0.2) is 0 Å². The minimum Gasteiger partial charge on any atom is -0.359 e. The maximum Gasteiger partial charge on any atom is 0.309 e. The molecule has 0 spiro atoms. The van der Waals surface area contributed by atoms with Crippen molar-refractivity contribution in [3.63, 3.8) is 0 Å². The summed E-state index contributed by atoms with van der Waals surface area (Å²) in [4.78, 5) is 18.4. The van der Waals surface area contributed by atoms with Crippen molar-refractivity contribution in [2.75, 3.05) is 0 Å². The Balaban J connectivity index is 0. The molecule has 0 aromatic carbocycles. The summed E-state index contributed by atoms with van der Waals surface area (Å²) in [6.07, 6.45) is 4.45. The summed E-state index contributed by atoms with van der Waals surface area (Å²) in [5, 5.41) is 0. The molecule has 0 aromatic rings. The van der Waals surface area contributed by atoms with Crippen LogP contribution >= 0.6 is 0 Å². The van der Waals surface area contributed by atoms with E-state index in [1.165, 1.54) is 0 Å². The van der Waals surface area contributed by atoms with Gasteiger partial charge in [0.05, 0.1) is 0 Å². The fraction of sp³-hybridized carbons (Fsp3) is 0. The minimum absolute atomic E-state index is 0.718. The van der Waals surface area contributed by atoms with Crippen LogP contribution in [0, 0.1) is 12.3 Å². The maximum atomic E-state index is 9.35. The van der Waals surface area contributed by atoms with Gasteiger partial charge in [-0.3, -0.25) is 4.79 Å². The number of carbonyl (C=O) groups excluding carboxylic acids is 2. The first-order chi connectivity index (χ1) is 4.00. The van der Waals surface area contributed by atoms with E-state index in [0.717, 1.165) is 0 Å². The third-order valence-corrected chi connectivity index (χ3v) is 0.142. The lowest BCUT2D eigenvalue weighted by molar-refractivity contribution is -0.112. The van der Waals surface area contributed by atoms with Crippen molar-refractivity contribution in [3.05, 3.63) is 0 Å². The van der Waals surface area contributed by atoms with Crippen LogP contribution in [0.25, 0.3) is 0 Å². The molecule has 0 heterocycles. The summed E-state index contributed by atoms with van der Waals surface area (Å²) in [6.45, 7) is 0. The topological polar surface area (TPSA) is 112 Å². The van der Waals surface area contributed by atoms with E-state index in [4.69, 9.17) is 4.79 Å². The Morgan fingerprint density at radius 1 is 1.22 bits per heavy atom. The maximum absolute atomic E-state index is 9.35. The number of terminal acetylenes is 1. The van der Waals surface area contributed by atoms with Crippen molar-refractivity contribution in [2.24, 2.45) is 17.2 Å². The average Bonchev–Trinajstić information content (AvgIpc) is 1.65. The lowest BCUT2D eigenvalue weighted by Crippen LogP contribution is -2.18. The van der Waals surface area contributed by atoms with Gasteiger partial charge in [-0.25, -0.2) is 4.79 Å². The first-order valence-corrected chi connectivity index (χ1v) is 1.81. The molecule has 0 aromatic heterocycles. The van der Waals surface area contributed by atoms with Crippen molar-refractivity contribution in [2.45, 2.75) is 0 Å². The third kappa shape index (κ3) is 1290. The molecule has 3 amide bonds. The zero-order chi connectivity index (χ0) is 7.86. The Morgan fingerprint density at radius 3 is 1.33 bits per heavy atom. The molecule has 0 radical (unpaired) electrons. The van der Waals surface area contributed by atoms with Gasteiger partial charge in [0, 0.05) is 0 Å². The lowest BCUT2D eigenvalue weighted by Gasteiger charge is -1.62. The highest BCUT2D eigenvalue weighted by atomic mass is 16.2. The Hall–Kier alpha value is -1.70. The summed E-state index contributed by atoms with van der Waals surface area (Å²) in [6, 6.07) is -0.833. The van der Waals surface area contributed by atoms with Gasteiger partial charge >= 0.3 is 6.03 Å². The molecule has 5 heteroatoms. The van der Waals surface area contributed by atoms with E-state index in [2.05, 4.69) is 23.6 Å². The van der Waals surface area contributed by atoms with Gasteiger partial charge in [-0.05, 0) is 5.92 Å². The fourth-order valence-electron chi connectivity index (χ4n) is 0. The van der Waals surface area contributed by atoms with E-state index in [1.807, 2.05) is 0 Å². The third-order valence-electron chi connectivity index (χ3n) is 0.142. The van der Waals surface area contributed by atoms with E-state index in [9.17, 15) is 4.79 Å². The Morgan fingerprint density at radius 2 is 1.33 bits per heavy atom. The highest BCUT2D eigenvalue weighted by molar-refractivity contribution is 5.91. The molecule has 0 fully saturated rings. The quantitative estimate of drug-likeness (QED) is 0.333. The highest BCUT2D eigenvalue weighted by Crippen LogP contribution is 1.37. The van der Waals surface area contributed by atoms with Gasteiger partial charge < -0.3 is 17.2 Å². The molecular weight excluding hydrogens is 122 g/mol. The summed E-state index contributed by atoms with van der Waals surface area (Å²) in [5.41, 5.74) is 12.9. The van der Waals surface area contributed by atoms with E-state index < -0.39 is 11.9 Å². The molecule has 6 N–H and O–H groups in total. The standard InChI is InChI=1S/C3H3NO.CH4N2O/c1-2-3(4)5;2-1(3)4/h1H,(H2,4,5);(H4,2,3,4). The fourth-order valence-corrected chi connectivity index (χ4v) is 0. The summed E-state index contributed by atoms with van der Waals surface area (Å²) in [7, 11) is 0. The van der Waals surface area contributed by atoms with E-state index in [1.54, 1.807) is 5.92 Å². The Kier molecular flexibility index (Phi) is 7.22. The summed E-state index contributed by atoms with van der Waals surface area (Å²) in [5.74, 6) is 0.949. The number of hydrogen-bond acceptors (Lipinski definition) is 2. The lowest BCUT2D eigenvalue weighted by atomic mass is 10.7. The molecule has 0 unspecified atom stereocenters. The van der Waals surface area contributed by atoms with E-state index >= 15 is 0 Å². The zero-order valence-electron chi connectivity index (χ0n) is 4.63. The largest absolute Gasteiger partial charge is 0.359 e. The zero-order valence-corrected chi connectivity index (χ0v) is 4.63. The average molecular weight is 129 g/mol. The van der Waals surface area contributed by atoms with Gasteiger partial charge in [-0.2, -0.15) is 0 Å². The monoisotopic (exact) mass is 129 g/mol. The molecular formula is C4H7N3O2. The minimum atomic E-state index is -0.833. The molecule has 0 aliphatic heterocycles. The number of primary amides is 3. The number of carbonyl (C=O) groups is 2. The van der Waals surface area contributed by atoms with Crippen molar-refractivity contribution in [3.8, 4) is 12.3 Å². The van der Waals surface area contributed by atoms with Crippen LogP contribution in [-0.4, -0.2) is 11.9 Å². The van der Waals surface area contributed by atoms with Gasteiger partial charge in [0.25, 0.3) is 5.91 Å². The number of rotatable bonds is 0. The second kappa shape index (κ2) is 6.30. The van der Waals surface area contributed by atoms with Gasteiger partial charge in [-0.15, -0.1) is 6.42 Å². The first kappa shape index (κ1) is 10.3. The normalized spacial score (nSPS) is 5.67. The van der Waals surface area contributed by atoms with Gasteiger partial charge in [0.15, 0.2) is 0 Å². The smallest absolute Gasteiger partial charge is 0.309 e. The van der Waals surface area contributed by atoms with Crippen LogP contribution in [0.5, 0.6) is 0 Å². The van der Waals surface area contributed by atoms with Crippen LogP contribution in [0.1, 0.15) is 0 Å². The highest BCUT2D eigenvalue weighted by Gasteiger charge is 1.70. The molecule has 0 bridgehead atoms. The predicted molar refractivity (Wildman–Crippen MR) is 31.8 cm³/mol. The molecule has 5 nitrogen and oxygen atoms in total. The first-order valence-electron chi connectivity index (χ1n) is 1.81. The van der Waals surface area contributed by atoms with E-state index in [0.29, 0.717) is 0 Å². The van der Waals surface area contributed by atoms with Crippen LogP contribution < -0.4 is 17.2 Å². The molecule has 0 saturated carbocycles. The SMILES string of the molecule is C#CC(N)=O.NC(N)=O. The van der Waals surface area contributed by atoms with Crippen molar-refractivity contribution in [1.29, 1.82) is 0 Å². The van der Waals surface area contributed by atoms with Crippen LogP contribution in [0.2, 0.25) is 0 Å². The van der Waals surface area contributed by atoms with Crippen molar-refractivity contribution < 1.29 is 9.59 Å². The van der Waals surface area contributed by atoms with Gasteiger partial charge in [0.2, 0.25) is 0 Å².